The van der Waals surface area contributed by atoms with E-state index in [0.29, 0.717) is 19.0 Å². The summed E-state index contributed by atoms with van der Waals surface area (Å²) in [4.78, 5) is 6.87. The molecule has 0 aliphatic carbocycles. The molecule has 3 rings (SSSR count). The average Bonchev–Trinajstić information content (AvgIpc) is 3.26. The number of nitrogens with one attached hydrogen (secondary N) is 2. The number of benzene rings is 2. The van der Waals surface area contributed by atoms with Gasteiger partial charge in [-0.15, -0.1) is 24.0 Å². The predicted molar refractivity (Wildman–Crippen MR) is 128 cm³/mol. The third kappa shape index (κ3) is 7.16. The monoisotopic (exact) mass is 528 g/mol. The van der Waals surface area contributed by atoms with Crippen molar-refractivity contribution in [2.24, 2.45) is 4.99 Å². The Morgan fingerprint density at radius 2 is 1.80 bits per heavy atom. The maximum Gasteiger partial charge on any atom is 0.191 e. The summed E-state index contributed by atoms with van der Waals surface area (Å²) in [6.45, 7) is 5.82. The number of rotatable bonds is 8. The van der Waals surface area contributed by atoms with Crippen molar-refractivity contribution in [1.82, 2.24) is 10.6 Å². The number of guanidine groups is 1. The van der Waals surface area contributed by atoms with Crippen LogP contribution in [0.5, 0.6) is 5.75 Å². The van der Waals surface area contributed by atoms with E-state index >= 15 is 0 Å². The molecule has 8 heteroatoms. The third-order valence-electron chi connectivity index (χ3n) is 4.43. The van der Waals surface area contributed by atoms with E-state index in [1.807, 2.05) is 6.92 Å². The summed E-state index contributed by atoms with van der Waals surface area (Å²) in [5.41, 5.74) is 2.32. The lowest BCUT2D eigenvalue weighted by Crippen LogP contribution is -2.39. The largest absolute Gasteiger partial charge is 0.489 e. The van der Waals surface area contributed by atoms with Gasteiger partial charge in [-0.05, 0) is 36.8 Å². The maximum atomic E-state index is 13.6. The van der Waals surface area contributed by atoms with Crippen molar-refractivity contribution in [3.8, 4) is 5.75 Å². The smallest absolute Gasteiger partial charge is 0.191 e. The minimum Gasteiger partial charge on any atom is -0.489 e. The van der Waals surface area contributed by atoms with Gasteiger partial charge in [-0.3, -0.25) is 0 Å². The van der Waals surface area contributed by atoms with Gasteiger partial charge >= 0.3 is 0 Å². The lowest BCUT2D eigenvalue weighted by Gasteiger charge is -2.17. The number of nitrogens with zero attached hydrogens (tertiary/aromatic N) is 2. The summed E-state index contributed by atoms with van der Waals surface area (Å²) < 4.78 is 31.8. The molecule has 0 fully saturated rings. The van der Waals surface area contributed by atoms with Gasteiger partial charge in [0.2, 0.25) is 0 Å². The van der Waals surface area contributed by atoms with Gasteiger partial charge < -0.3 is 20.3 Å². The summed E-state index contributed by atoms with van der Waals surface area (Å²) in [6.07, 6.45) is 4.33. The highest BCUT2D eigenvalue weighted by atomic mass is 127. The van der Waals surface area contributed by atoms with Crippen LogP contribution in [0.2, 0.25) is 0 Å². The zero-order chi connectivity index (χ0) is 20.5. The van der Waals surface area contributed by atoms with Gasteiger partial charge in [0.05, 0.1) is 13.1 Å². The first-order valence-corrected chi connectivity index (χ1v) is 9.74. The molecule has 0 amide bonds. The normalized spacial score (nSPS) is 13.2. The van der Waals surface area contributed by atoms with Gasteiger partial charge in [0.15, 0.2) is 17.5 Å². The number of halogens is 3. The molecule has 0 bridgehead atoms. The second-order valence-electron chi connectivity index (χ2n) is 6.59. The van der Waals surface area contributed by atoms with Crippen molar-refractivity contribution in [2.75, 3.05) is 37.7 Å². The van der Waals surface area contributed by atoms with Gasteiger partial charge in [-0.25, -0.2) is 13.8 Å². The van der Waals surface area contributed by atoms with E-state index < -0.39 is 11.6 Å². The van der Waals surface area contributed by atoms with Crippen LogP contribution in [0.4, 0.5) is 14.5 Å². The van der Waals surface area contributed by atoms with Crippen molar-refractivity contribution < 1.29 is 13.5 Å². The van der Waals surface area contributed by atoms with Crippen LogP contribution >= 0.6 is 24.0 Å². The topological polar surface area (TPSA) is 48.9 Å². The lowest BCUT2D eigenvalue weighted by molar-refractivity contribution is 0.304. The van der Waals surface area contributed by atoms with Crippen LogP contribution in [0.1, 0.15) is 12.5 Å². The van der Waals surface area contributed by atoms with E-state index in [1.54, 1.807) is 0 Å². The first-order chi connectivity index (χ1) is 14.2. The summed E-state index contributed by atoms with van der Waals surface area (Å²) in [5, 5.41) is 6.32. The molecule has 5 nitrogen and oxygen atoms in total. The fourth-order valence-electron chi connectivity index (χ4n) is 2.94. The Balaban J connectivity index is 0.00000320. The lowest BCUT2D eigenvalue weighted by atomic mass is 10.2. The van der Waals surface area contributed by atoms with E-state index in [4.69, 9.17) is 4.74 Å². The first kappa shape index (κ1) is 23.9. The Bertz CT molecular complexity index is 851. The molecule has 162 valence electrons. The Morgan fingerprint density at radius 3 is 2.47 bits per heavy atom. The number of ether oxygens (including phenoxy) is 1. The van der Waals surface area contributed by atoms with Gasteiger partial charge in [-0.2, -0.15) is 0 Å². The van der Waals surface area contributed by atoms with Crippen LogP contribution in [-0.4, -0.2) is 38.7 Å². The molecule has 2 aromatic carbocycles. The standard InChI is InChI=1S/C22H26F2N4O.HI/c1-2-25-22(26-11-14-29-21-10-7-18(23)15-20(21)24)27-16-17-5-8-19(9-6-17)28-12-3-4-13-28;/h3-10,15H,2,11-14,16H2,1H3,(H2,25,26,27);1H. The van der Waals surface area contributed by atoms with Crippen molar-refractivity contribution in [3.63, 3.8) is 0 Å². The van der Waals surface area contributed by atoms with Crippen molar-refractivity contribution in [3.05, 3.63) is 71.8 Å². The zero-order valence-electron chi connectivity index (χ0n) is 16.9. The SMILES string of the molecule is CCNC(=NCc1ccc(N2CC=CC2)cc1)NCCOc1ccc(F)cc1F.I. The molecule has 0 atom stereocenters. The quantitative estimate of drug-likeness (QED) is 0.178. The summed E-state index contributed by atoms with van der Waals surface area (Å²) in [7, 11) is 0. The number of anilines is 1. The first-order valence-electron chi connectivity index (χ1n) is 9.74. The summed E-state index contributed by atoms with van der Waals surface area (Å²) in [5.74, 6) is -0.648. The Morgan fingerprint density at radius 1 is 1.07 bits per heavy atom. The van der Waals surface area contributed by atoms with Crippen molar-refractivity contribution >= 4 is 35.6 Å². The molecule has 0 aromatic heterocycles. The molecule has 2 N–H and O–H groups in total. The van der Waals surface area contributed by atoms with Crippen LogP contribution in [0.15, 0.2) is 59.6 Å². The van der Waals surface area contributed by atoms with E-state index in [9.17, 15) is 8.78 Å². The Kier molecular flexibility index (Phi) is 9.85. The summed E-state index contributed by atoms with van der Waals surface area (Å²) in [6, 6.07) is 11.7. The summed E-state index contributed by atoms with van der Waals surface area (Å²) >= 11 is 0. The van der Waals surface area contributed by atoms with Crippen LogP contribution in [0.3, 0.4) is 0 Å². The third-order valence-corrected chi connectivity index (χ3v) is 4.43. The van der Waals surface area contributed by atoms with Crippen LogP contribution < -0.4 is 20.3 Å². The van der Waals surface area contributed by atoms with Crippen LogP contribution in [-0.2, 0) is 6.54 Å². The Hall–Kier alpha value is -2.36. The fraction of sp³-hybridized carbons (Fsp3) is 0.318. The number of hydrogen-bond donors (Lipinski definition) is 2. The minimum atomic E-state index is -0.710. The van der Waals surface area contributed by atoms with E-state index in [2.05, 4.69) is 56.9 Å². The van der Waals surface area contributed by atoms with E-state index in [-0.39, 0.29) is 36.3 Å². The molecule has 30 heavy (non-hydrogen) atoms. The molecule has 1 heterocycles. The van der Waals surface area contributed by atoms with Gasteiger partial charge in [0, 0.05) is 31.4 Å². The molecule has 0 radical (unpaired) electrons. The molecule has 0 unspecified atom stereocenters. The molecule has 1 aliphatic heterocycles. The molecule has 0 saturated heterocycles. The highest BCUT2D eigenvalue weighted by molar-refractivity contribution is 14.0. The minimum absolute atomic E-state index is 0. The van der Waals surface area contributed by atoms with E-state index in [0.717, 1.165) is 31.3 Å². The zero-order valence-corrected chi connectivity index (χ0v) is 19.2. The Labute approximate surface area is 193 Å². The molecule has 1 aliphatic rings. The maximum absolute atomic E-state index is 13.6. The molecular weight excluding hydrogens is 501 g/mol. The highest BCUT2D eigenvalue weighted by Gasteiger charge is 2.07. The fourth-order valence-corrected chi connectivity index (χ4v) is 2.94. The number of hydrogen-bond acceptors (Lipinski definition) is 3. The predicted octanol–water partition coefficient (Wildman–Crippen LogP) is 4.09. The van der Waals surface area contributed by atoms with Crippen molar-refractivity contribution in [2.45, 2.75) is 13.5 Å². The van der Waals surface area contributed by atoms with Gasteiger partial charge in [-0.1, -0.05) is 24.3 Å². The average molecular weight is 528 g/mol. The second kappa shape index (κ2) is 12.4. The highest BCUT2D eigenvalue weighted by Crippen LogP contribution is 2.18. The van der Waals surface area contributed by atoms with Crippen LogP contribution in [0.25, 0.3) is 0 Å². The second-order valence-corrected chi connectivity index (χ2v) is 6.59. The molecule has 2 aromatic rings. The van der Waals surface area contributed by atoms with Crippen molar-refractivity contribution in [1.29, 1.82) is 0 Å². The van der Waals surface area contributed by atoms with Gasteiger partial charge in [0.1, 0.15) is 12.4 Å². The van der Waals surface area contributed by atoms with E-state index in [1.165, 1.54) is 17.8 Å². The van der Waals surface area contributed by atoms with Crippen LogP contribution in [0, 0.1) is 11.6 Å². The molecule has 0 saturated carbocycles. The number of aliphatic imine (C=N–C) groups is 1. The molecule has 0 spiro atoms. The molecular formula is C22H27F2IN4O. The van der Waals surface area contributed by atoms with Gasteiger partial charge in [0.25, 0.3) is 0 Å².